The maximum Gasteiger partial charge on any atom is 0.273 e. The van der Waals surface area contributed by atoms with E-state index in [9.17, 15) is 4.79 Å². The van der Waals surface area contributed by atoms with Gasteiger partial charge in [0, 0.05) is 19.0 Å². The first-order valence-electron chi connectivity index (χ1n) is 8.10. The monoisotopic (exact) mass is 368 g/mol. The molecule has 1 saturated carbocycles. The summed E-state index contributed by atoms with van der Waals surface area (Å²) < 4.78 is 2.50. The van der Waals surface area contributed by atoms with Crippen molar-refractivity contribution in [1.29, 1.82) is 0 Å². The number of aryl methyl sites for hydroxylation is 1. The largest absolute Gasteiger partial charge is 0.350 e. The Labute approximate surface area is 149 Å². The van der Waals surface area contributed by atoms with Crippen molar-refractivity contribution in [3.63, 3.8) is 0 Å². The Kier molecular flexibility index (Phi) is 5.47. The number of carbonyl (C=O) groups is 1. The average molecular weight is 369 g/mol. The van der Waals surface area contributed by atoms with E-state index in [1.54, 1.807) is 10.9 Å². The highest BCUT2D eigenvalue weighted by Gasteiger charge is 2.22. The lowest BCUT2D eigenvalue weighted by Gasteiger charge is -2.25. The Morgan fingerprint density at radius 2 is 2.21 bits per heavy atom. The number of thiazole rings is 1. The maximum absolute atomic E-state index is 12.2. The van der Waals surface area contributed by atoms with Gasteiger partial charge in [0.15, 0.2) is 5.69 Å². The summed E-state index contributed by atoms with van der Waals surface area (Å²) in [5, 5.41) is 11.9. The normalized spacial score (nSPS) is 21.0. The molecule has 0 unspecified atom stereocenters. The molecule has 0 spiro atoms. The van der Waals surface area contributed by atoms with E-state index < -0.39 is 0 Å². The number of rotatable bonds is 5. The second-order valence-corrected chi connectivity index (χ2v) is 7.81. The van der Waals surface area contributed by atoms with Gasteiger partial charge < -0.3 is 11.1 Å². The molecule has 0 aliphatic heterocycles. The number of nitrogens with zero attached hydrogens (tertiary/aromatic N) is 4. The van der Waals surface area contributed by atoms with Crippen LogP contribution >= 0.6 is 22.9 Å². The second kappa shape index (κ2) is 7.58. The van der Waals surface area contributed by atoms with Crippen LogP contribution in [0.1, 0.15) is 52.9 Å². The Morgan fingerprint density at radius 1 is 1.46 bits per heavy atom. The number of hydrogen-bond donors (Lipinski definition) is 2. The topological polar surface area (TPSA) is 98.7 Å². The summed E-state index contributed by atoms with van der Waals surface area (Å²) in [5.74, 6) is -0.215. The van der Waals surface area contributed by atoms with E-state index in [1.807, 2.05) is 6.92 Å². The van der Waals surface area contributed by atoms with Gasteiger partial charge in [-0.05, 0) is 32.6 Å². The van der Waals surface area contributed by atoms with E-state index in [0.29, 0.717) is 29.0 Å². The van der Waals surface area contributed by atoms with Crippen LogP contribution in [-0.2, 0) is 6.42 Å². The van der Waals surface area contributed by atoms with Gasteiger partial charge >= 0.3 is 0 Å². The Balaban J connectivity index is 1.50. The van der Waals surface area contributed by atoms with Gasteiger partial charge in [-0.3, -0.25) is 4.79 Å². The lowest BCUT2D eigenvalue weighted by atomic mass is 9.92. The molecule has 1 fully saturated rings. The van der Waals surface area contributed by atoms with Gasteiger partial charge in [-0.2, -0.15) is 0 Å². The Hall–Kier alpha value is -1.51. The molecule has 1 amide bonds. The fourth-order valence-electron chi connectivity index (χ4n) is 2.84. The summed E-state index contributed by atoms with van der Waals surface area (Å²) in [6, 6.07) is 0.579. The predicted octanol–water partition coefficient (Wildman–Crippen LogP) is 2.11. The molecule has 0 radical (unpaired) electrons. The fraction of sp³-hybridized carbons (Fsp3) is 0.600. The minimum atomic E-state index is -0.215. The van der Waals surface area contributed by atoms with Gasteiger partial charge in [-0.15, -0.1) is 16.4 Å². The van der Waals surface area contributed by atoms with Crippen LogP contribution in [0.25, 0.3) is 0 Å². The zero-order chi connectivity index (χ0) is 17.1. The highest BCUT2D eigenvalue weighted by Crippen LogP contribution is 2.26. The summed E-state index contributed by atoms with van der Waals surface area (Å²) in [6.45, 7) is 2.37. The van der Waals surface area contributed by atoms with Gasteiger partial charge in [0.25, 0.3) is 5.91 Å². The maximum atomic E-state index is 12.2. The van der Waals surface area contributed by atoms with Crippen molar-refractivity contribution in [3.05, 3.63) is 26.9 Å². The van der Waals surface area contributed by atoms with Crippen molar-refractivity contribution in [2.75, 3.05) is 6.54 Å². The zero-order valence-electron chi connectivity index (χ0n) is 13.5. The van der Waals surface area contributed by atoms with Gasteiger partial charge in [0.2, 0.25) is 0 Å². The highest BCUT2D eigenvalue weighted by atomic mass is 35.5. The van der Waals surface area contributed by atoms with Crippen LogP contribution in [0.5, 0.6) is 0 Å². The molecule has 3 rings (SSSR count). The third kappa shape index (κ3) is 4.12. The molecular weight excluding hydrogens is 348 g/mol. The lowest BCUT2D eigenvalue weighted by molar-refractivity contribution is 0.0949. The van der Waals surface area contributed by atoms with Gasteiger partial charge in [0.1, 0.15) is 4.34 Å². The third-order valence-electron chi connectivity index (χ3n) is 4.27. The molecule has 130 valence electrons. The molecule has 0 saturated heterocycles. The summed E-state index contributed by atoms with van der Waals surface area (Å²) in [4.78, 5) is 16.5. The van der Waals surface area contributed by atoms with Crippen molar-refractivity contribution in [2.24, 2.45) is 5.73 Å². The molecule has 3 N–H and O–H groups in total. The van der Waals surface area contributed by atoms with Gasteiger partial charge in [-0.25, -0.2) is 9.67 Å². The minimum Gasteiger partial charge on any atom is -0.350 e. The van der Waals surface area contributed by atoms with Crippen LogP contribution in [-0.4, -0.2) is 38.5 Å². The molecule has 2 aromatic rings. The first-order chi connectivity index (χ1) is 11.5. The molecule has 0 atom stereocenters. The Morgan fingerprint density at radius 3 is 2.88 bits per heavy atom. The van der Waals surface area contributed by atoms with Gasteiger partial charge in [0.05, 0.1) is 22.9 Å². The molecule has 0 aromatic carbocycles. The molecule has 2 heterocycles. The third-order valence-corrected chi connectivity index (χ3v) is 5.78. The van der Waals surface area contributed by atoms with Crippen LogP contribution in [0.2, 0.25) is 4.34 Å². The van der Waals surface area contributed by atoms with Crippen LogP contribution in [0.3, 0.4) is 0 Å². The van der Waals surface area contributed by atoms with E-state index in [2.05, 4.69) is 20.6 Å². The van der Waals surface area contributed by atoms with E-state index >= 15 is 0 Å². The summed E-state index contributed by atoms with van der Waals surface area (Å²) in [6.07, 6.45) is 6.31. The number of hydrogen-bond acceptors (Lipinski definition) is 6. The molecule has 24 heavy (non-hydrogen) atoms. The molecule has 0 bridgehead atoms. The minimum absolute atomic E-state index is 0.215. The van der Waals surface area contributed by atoms with E-state index in [-0.39, 0.29) is 11.9 Å². The summed E-state index contributed by atoms with van der Waals surface area (Å²) >= 11 is 7.44. The van der Waals surface area contributed by atoms with Crippen LogP contribution in [0, 0.1) is 6.92 Å². The summed E-state index contributed by atoms with van der Waals surface area (Å²) in [7, 11) is 0. The number of nitrogens with one attached hydrogen (secondary N) is 1. The highest BCUT2D eigenvalue weighted by molar-refractivity contribution is 7.16. The first kappa shape index (κ1) is 17.3. The van der Waals surface area contributed by atoms with E-state index in [0.717, 1.165) is 36.4 Å². The molecule has 1 aliphatic carbocycles. The number of aromatic nitrogens is 4. The van der Waals surface area contributed by atoms with Gasteiger partial charge in [-0.1, -0.05) is 16.8 Å². The van der Waals surface area contributed by atoms with Crippen LogP contribution < -0.4 is 11.1 Å². The predicted molar refractivity (Wildman–Crippen MR) is 93.4 cm³/mol. The van der Waals surface area contributed by atoms with Crippen molar-refractivity contribution in [3.8, 4) is 0 Å². The first-order valence-corrected chi connectivity index (χ1v) is 9.30. The SMILES string of the molecule is Cc1nc(CCNC(=O)c2cn(C3CCC(N)CC3)nn2)sc1Cl. The van der Waals surface area contributed by atoms with Crippen LogP contribution in [0.4, 0.5) is 0 Å². The molecule has 7 nitrogen and oxygen atoms in total. The quantitative estimate of drug-likeness (QED) is 0.842. The van der Waals surface area contributed by atoms with Crippen molar-refractivity contribution in [1.82, 2.24) is 25.3 Å². The molecule has 2 aromatic heterocycles. The number of amides is 1. The molecule has 9 heteroatoms. The summed E-state index contributed by atoms with van der Waals surface area (Å²) in [5.41, 5.74) is 7.10. The number of nitrogens with two attached hydrogens (primary N) is 1. The van der Waals surface area contributed by atoms with Crippen molar-refractivity contribution < 1.29 is 4.79 Å². The smallest absolute Gasteiger partial charge is 0.273 e. The van der Waals surface area contributed by atoms with E-state index in [4.69, 9.17) is 17.3 Å². The van der Waals surface area contributed by atoms with Crippen molar-refractivity contribution >= 4 is 28.8 Å². The van der Waals surface area contributed by atoms with E-state index in [1.165, 1.54) is 11.3 Å². The van der Waals surface area contributed by atoms with Crippen molar-refractivity contribution in [2.45, 2.75) is 51.1 Å². The Bertz CT molecular complexity index is 687. The number of carbonyl (C=O) groups excluding carboxylic acids is 1. The lowest BCUT2D eigenvalue weighted by Crippen LogP contribution is -2.28. The van der Waals surface area contributed by atoms with Crippen LogP contribution in [0.15, 0.2) is 6.20 Å². The standard InChI is InChI=1S/C15H21ClN6OS/c1-9-14(16)24-13(19-9)6-7-18-15(23)12-8-22(21-20-12)11-4-2-10(17)3-5-11/h8,10-11H,2-7,17H2,1H3,(H,18,23). The fourth-order valence-corrected chi connectivity index (χ4v) is 3.93. The molecule has 1 aliphatic rings. The second-order valence-electron chi connectivity index (χ2n) is 6.13. The average Bonchev–Trinajstić information content (AvgIpc) is 3.16. The number of halogens is 1. The zero-order valence-corrected chi connectivity index (χ0v) is 15.1. The molecular formula is C15H21ClN6OS.